The van der Waals surface area contributed by atoms with Crippen molar-refractivity contribution in [3.05, 3.63) is 0 Å². The van der Waals surface area contributed by atoms with Crippen molar-refractivity contribution in [2.24, 2.45) is 11.8 Å². The summed E-state index contributed by atoms with van der Waals surface area (Å²) in [7, 11) is 0. The van der Waals surface area contributed by atoms with Crippen LogP contribution in [0, 0.1) is 11.8 Å². The lowest BCUT2D eigenvalue weighted by molar-refractivity contribution is -0.121. The van der Waals surface area contributed by atoms with E-state index in [1.165, 1.54) is 0 Å². The molecule has 1 N–H and O–H groups in total. The highest BCUT2D eigenvalue weighted by Crippen LogP contribution is 2.42. The first-order chi connectivity index (χ1) is 7.37. The van der Waals surface area contributed by atoms with Crippen LogP contribution in [-0.4, -0.2) is 23.5 Å². The van der Waals surface area contributed by atoms with Gasteiger partial charge in [0, 0.05) is 18.4 Å². The van der Waals surface area contributed by atoms with Crippen LogP contribution in [0.15, 0.2) is 0 Å². The minimum absolute atomic E-state index is 0.0161. The first kappa shape index (κ1) is 11.4. The number of hydrogen-bond acceptors (Lipinski definition) is 3. The van der Waals surface area contributed by atoms with Crippen molar-refractivity contribution in [1.29, 1.82) is 0 Å². The molecule has 2 aliphatic carbocycles. The van der Waals surface area contributed by atoms with Gasteiger partial charge in [-0.25, -0.2) is 4.79 Å². The molecule has 0 radical (unpaired) electrons. The van der Waals surface area contributed by atoms with Crippen molar-refractivity contribution in [3.8, 4) is 0 Å². The van der Waals surface area contributed by atoms with E-state index in [9.17, 15) is 9.59 Å². The number of ketones is 1. The number of carbonyl (C=O) groups excluding carboxylic acids is 2. The molecule has 2 fully saturated rings. The van der Waals surface area contributed by atoms with Crippen molar-refractivity contribution < 1.29 is 14.3 Å². The third-order valence-electron chi connectivity index (χ3n) is 3.35. The number of carbonyl (C=O) groups is 2. The first-order valence-corrected chi connectivity index (χ1v) is 5.89. The van der Waals surface area contributed by atoms with Gasteiger partial charge in [-0.2, -0.15) is 0 Å². The summed E-state index contributed by atoms with van der Waals surface area (Å²) in [6.07, 6.45) is 2.20. The predicted octanol–water partition coefficient (Wildman–Crippen LogP) is 1.88. The molecule has 16 heavy (non-hydrogen) atoms. The average Bonchev–Trinajstić information content (AvgIpc) is 2.57. The van der Waals surface area contributed by atoms with E-state index in [2.05, 4.69) is 5.32 Å². The van der Waals surface area contributed by atoms with Crippen molar-refractivity contribution in [2.75, 3.05) is 0 Å². The second-order valence-electron chi connectivity index (χ2n) is 5.79. The van der Waals surface area contributed by atoms with Crippen LogP contribution in [0.4, 0.5) is 4.79 Å². The fourth-order valence-electron chi connectivity index (χ4n) is 2.74. The second-order valence-corrected chi connectivity index (χ2v) is 5.79. The summed E-state index contributed by atoms with van der Waals surface area (Å²) in [4.78, 5) is 23.1. The van der Waals surface area contributed by atoms with Gasteiger partial charge in [-0.15, -0.1) is 0 Å². The lowest BCUT2D eigenvalue weighted by atomic mass is 10.00. The normalized spacial score (nSPS) is 32.9. The van der Waals surface area contributed by atoms with Gasteiger partial charge in [0.2, 0.25) is 0 Å². The van der Waals surface area contributed by atoms with Crippen LogP contribution in [0.3, 0.4) is 0 Å². The Hall–Kier alpha value is -1.06. The maximum absolute atomic E-state index is 11.6. The summed E-state index contributed by atoms with van der Waals surface area (Å²) >= 11 is 0. The summed E-state index contributed by atoms with van der Waals surface area (Å²) in [6, 6.07) is 0.0161. The molecular formula is C12H19NO3. The van der Waals surface area contributed by atoms with Gasteiger partial charge < -0.3 is 10.1 Å². The van der Waals surface area contributed by atoms with Crippen LogP contribution < -0.4 is 5.32 Å². The summed E-state index contributed by atoms with van der Waals surface area (Å²) in [6.45, 7) is 5.50. The summed E-state index contributed by atoms with van der Waals surface area (Å²) in [5, 5.41) is 2.85. The van der Waals surface area contributed by atoms with Crippen molar-refractivity contribution >= 4 is 11.9 Å². The van der Waals surface area contributed by atoms with E-state index in [1.807, 2.05) is 20.8 Å². The number of rotatable bonds is 1. The maximum Gasteiger partial charge on any atom is 0.407 e. The molecule has 0 unspecified atom stereocenters. The number of ether oxygens (including phenoxy) is 1. The molecule has 1 amide bonds. The van der Waals surface area contributed by atoms with Crippen LogP contribution in [0.1, 0.15) is 40.0 Å². The van der Waals surface area contributed by atoms with Crippen LogP contribution in [0.5, 0.6) is 0 Å². The Labute approximate surface area is 95.7 Å². The number of amides is 1. The van der Waals surface area contributed by atoms with Gasteiger partial charge in [0.15, 0.2) is 0 Å². The summed E-state index contributed by atoms with van der Waals surface area (Å²) < 4.78 is 5.20. The molecule has 4 heteroatoms. The molecule has 0 saturated heterocycles. The van der Waals surface area contributed by atoms with Gasteiger partial charge >= 0.3 is 6.09 Å². The zero-order chi connectivity index (χ0) is 11.9. The molecule has 4 nitrogen and oxygen atoms in total. The number of Topliss-reactive ketones (excluding diaryl/α,β-unsaturated/α-hetero) is 1. The molecule has 2 bridgehead atoms. The zero-order valence-corrected chi connectivity index (χ0v) is 10.1. The van der Waals surface area contributed by atoms with Gasteiger partial charge in [0.05, 0.1) is 0 Å². The fraction of sp³-hybridized carbons (Fsp3) is 0.833. The van der Waals surface area contributed by atoms with Crippen molar-refractivity contribution in [1.82, 2.24) is 5.32 Å². The minimum atomic E-state index is -0.480. The van der Waals surface area contributed by atoms with E-state index in [0.717, 1.165) is 12.8 Å². The molecule has 2 aliphatic rings. The number of alkyl carbamates (subject to hydrolysis) is 1. The highest BCUT2D eigenvalue weighted by Gasteiger charge is 2.48. The number of fused-ring (bicyclic) bond motifs is 2. The highest BCUT2D eigenvalue weighted by atomic mass is 16.6. The minimum Gasteiger partial charge on any atom is -0.444 e. The fourth-order valence-corrected chi connectivity index (χ4v) is 2.74. The number of nitrogens with one attached hydrogen (secondary N) is 1. The molecular weight excluding hydrogens is 206 g/mol. The molecule has 0 aromatic rings. The molecule has 90 valence electrons. The third kappa shape index (κ3) is 2.20. The standard InChI is InChI=1S/C12H19NO3/c1-12(2,3)16-11(15)13-10-7-4-5-8(10)9(14)6-7/h7-8,10H,4-6H2,1-3H3,(H,13,15)/t7-,8+,10-/m0/s1. The number of hydrogen-bond donors (Lipinski definition) is 1. The van der Waals surface area contributed by atoms with E-state index in [1.54, 1.807) is 0 Å². The smallest absolute Gasteiger partial charge is 0.407 e. The molecule has 2 rings (SSSR count). The SMILES string of the molecule is CC(C)(C)OC(=O)N[C@H]1[C@H]2CC[C@@H]1C(=O)C2. The Morgan fingerprint density at radius 3 is 2.50 bits per heavy atom. The Bertz CT molecular complexity index is 319. The molecule has 2 saturated carbocycles. The van der Waals surface area contributed by atoms with Gasteiger partial charge in [0.1, 0.15) is 11.4 Å². The van der Waals surface area contributed by atoms with Gasteiger partial charge in [-0.1, -0.05) is 0 Å². The van der Waals surface area contributed by atoms with Gasteiger partial charge in [-0.3, -0.25) is 4.79 Å². The topological polar surface area (TPSA) is 55.4 Å². The van der Waals surface area contributed by atoms with Crippen LogP contribution in [-0.2, 0) is 9.53 Å². The maximum atomic E-state index is 11.6. The van der Waals surface area contributed by atoms with Crippen molar-refractivity contribution in [3.63, 3.8) is 0 Å². The Kier molecular flexibility index (Phi) is 2.68. The van der Waals surface area contributed by atoms with Crippen LogP contribution >= 0.6 is 0 Å². The van der Waals surface area contributed by atoms with Crippen LogP contribution in [0.2, 0.25) is 0 Å². The van der Waals surface area contributed by atoms with E-state index >= 15 is 0 Å². The van der Waals surface area contributed by atoms with E-state index < -0.39 is 11.7 Å². The predicted molar refractivity (Wildman–Crippen MR) is 59.0 cm³/mol. The van der Waals surface area contributed by atoms with Crippen LogP contribution in [0.25, 0.3) is 0 Å². The molecule has 0 aromatic heterocycles. The molecule has 0 aromatic carbocycles. The van der Waals surface area contributed by atoms with E-state index in [4.69, 9.17) is 4.74 Å². The van der Waals surface area contributed by atoms with Gasteiger partial charge in [0.25, 0.3) is 0 Å². The van der Waals surface area contributed by atoms with E-state index in [-0.39, 0.29) is 12.0 Å². The lowest BCUT2D eigenvalue weighted by Crippen LogP contribution is -2.42. The molecule has 0 spiro atoms. The molecule has 0 aliphatic heterocycles. The quantitative estimate of drug-likeness (QED) is 0.741. The Morgan fingerprint density at radius 1 is 1.38 bits per heavy atom. The Balaban J connectivity index is 1.91. The average molecular weight is 225 g/mol. The second kappa shape index (κ2) is 3.75. The lowest BCUT2D eigenvalue weighted by Gasteiger charge is -2.23. The van der Waals surface area contributed by atoms with Crippen molar-refractivity contribution in [2.45, 2.75) is 51.7 Å². The molecule has 0 heterocycles. The van der Waals surface area contributed by atoms with E-state index in [0.29, 0.717) is 18.1 Å². The summed E-state index contributed by atoms with van der Waals surface area (Å²) in [5.74, 6) is 0.680. The first-order valence-electron chi connectivity index (χ1n) is 5.89. The zero-order valence-electron chi connectivity index (χ0n) is 10.1. The Morgan fingerprint density at radius 2 is 2.06 bits per heavy atom. The monoisotopic (exact) mass is 225 g/mol. The highest BCUT2D eigenvalue weighted by molar-refractivity contribution is 5.86. The summed E-state index contributed by atoms with van der Waals surface area (Å²) in [5.41, 5.74) is -0.480. The largest absolute Gasteiger partial charge is 0.444 e. The van der Waals surface area contributed by atoms with Gasteiger partial charge in [-0.05, 0) is 39.5 Å². The molecule has 3 atom stereocenters. The third-order valence-corrected chi connectivity index (χ3v) is 3.35.